The van der Waals surface area contributed by atoms with Crippen molar-refractivity contribution >= 4 is 44.6 Å². The van der Waals surface area contributed by atoms with Gasteiger partial charge in [0, 0.05) is 6.07 Å². The summed E-state index contributed by atoms with van der Waals surface area (Å²) in [5.41, 5.74) is -2.69. The van der Waals surface area contributed by atoms with Crippen molar-refractivity contribution in [1.29, 1.82) is 0 Å². The van der Waals surface area contributed by atoms with Gasteiger partial charge >= 0.3 is 0 Å². The number of sulfonamides is 1. The quantitative estimate of drug-likeness (QED) is 0.138. The van der Waals surface area contributed by atoms with E-state index in [2.05, 4.69) is 0 Å². The number of hydrogen-bond acceptors (Lipinski definition) is 6. The lowest BCUT2D eigenvalue weighted by Crippen LogP contribution is -2.38. The summed E-state index contributed by atoms with van der Waals surface area (Å²) in [6.45, 7) is -1.25. The van der Waals surface area contributed by atoms with Crippen LogP contribution in [0.15, 0.2) is 47.4 Å². The van der Waals surface area contributed by atoms with Crippen molar-refractivity contribution in [2.24, 2.45) is 0 Å². The Balaban J connectivity index is 2.07. The van der Waals surface area contributed by atoms with Crippen LogP contribution in [0.1, 0.15) is 0 Å². The van der Waals surface area contributed by atoms with E-state index in [4.69, 9.17) is 16.3 Å². The van der Waals surface area contributed by atoms with Crippen LogP contribution >= 0.6 is 11.6 Å². The Kier molecular flexibility index (Phi) is 7.88. The van der Waals surface area contributed by atoms with E-state index < -0.39 is 72.8 Å². The lowest BCUT2D eigenvalue weighted by molar-refractivity contribution is -0.384. The number of rotatable bonds is 8. The molecule has 0 unspecified atom stereocenters. The van der Waals surface area contributed by atoms with Crippen molar-refractivity contribution in [1.82, 2.24) is 0 Å². The van der Waals surface area contributed by atoms with Gasteiger partial charge in [-0.3, -0.25) is 19.2 Å². The number of nitrogens with one attached hydrogen (secondary N) is 1. The van der Waals surface area contributed by atoms with Crippen LogP contribution in [0, 0.1) is 39.2 Å². The molecule has 16 heteroatoms. The molecule has 1 amide bonds. The van der Waals surface area contributed by atoms with E-state index >= 15 is 0 Å². The van der Waals surface area contributed by atoms with Crippen molar-refractivity contribution in [3.8, 4) is 5.75 Å². The minimum Gasteiger partial charge on any atom is -0.497 e. The lowest BCUT2D eigenvalue weighted by atomic mass is 10.2. The number of nitro groups is 1. The molecule has 3 rings (SSSR count). The predicted molar refractivity (Wildman–Crippen MR) is 120 cm³/mol. The fourth-order valence-electron chi connectivity index (χ4n) is 3.01. The van der Waals surface area contributed by atoms with E-state index in [1.165, 1.54) is 36.7 Å². The fourth-order valence-corrected chi connectivity index (χ4v) is 4.64. The molecular formula is C21H13ClF5N3O6S. The summed E-state index contributed by atoms with van der Waals surface area (Å²) in [6, 6.07) is 7.39. The maximum Gasteiger partial charge on any atom is 0.289 e. The largest absolute Gasteiger partial charge is 0.497 e. The molecule has 0 aliphatic heterocycles. The van der Waals surface area contributed by atoms with Gasteiger partial charge in [-0.15, -0.1) is 0 Å². The maximum atomic E-state index is 14.0. The van der Waals surface area contributed by atoms with Gasteiger partial charge in [0.1, 0.15) is 23.0 Å². The highest BCUT2D eigenvalue weighted by Gasteiger charge is 2.32. The van der Waals surface area contributed by atoms with E-state index in [-0.39, 0.29) is 16.5 Å². The van der Waals surface area contributed by atoms with Gasteiger partial charge in [0.25, 0.3) is 15.7 Å². The van der Waals surface area contributed by atoms with Crippen LogP contribution in [0.5, 0.6) is 5.75 Å². The van der Waals surface area contributed by atoms with Gasteiger partial charge < -0.3 is 10.1 Å². The second-order valence-electron chi connectivity index (χ2n) is 7.07. The van der Waals surface area contributed by atoms with E-state index in [0.717, 1.165) is 12.1 Å². The molecule has 0 bridgehead atoms. The molecule has 0 saturated carbocycles. The minimum absolute atomic E-state index is 0.217. The Morgan fingerprint density at radius 1 is 1.00 bits per heavy atom. The summed E-state index contributed by atoms with van der Waals surface area (Å²) in [5.74, 6) is -13.1. The van der Waals surface area contributed by atoms with Gasteiger partial charge in [0.15, 0.2) is 23.3 Å². The maximum absolute atomic E-state index is 14.0. The summed E-state index contributed by atoms with van der Waals surface area (Å²) in [6.07, 6.45) is 0. The average molecular weight is 566 g/mol. The summed E-state index contributed by atoms with van der Waals surface area (Å²) >= 11 is 5.73. The third kappa shape index (κ3) is 5.41. The van der Waals surface area contributed by atoms with Gasteiger partial charge in [0.05, 0.1) is 22.6 Å². The van der Waals surface area contributed by atoms with Crippen LogP contribution in [0.25, 0.3) is 0 Å². The van der Waals surface area contributed by atoms with Crippen LogP contribution in [-0.4, -0.2) is 32.9 Å². The van der Waals surface area contributed by atoms with Crippen molar-refractivity contribution in [2.45, 2.75) is 4.90 Å². The van der Waals surface area contributed by atoms with Crippen LogP contribution in [0.3, 0.4) is 0 Å². The third-order valence-electron chi connectivity index (χ3n) is 4.82. The monoisotopic (exact) mass is 565 g/mol. The summed E-state index contributed by atoms with van der Waals surface area (Å²) in [5, 5.41) is 12.3. The number of carbonyl (C=O) groups is 1. The first-order valence-corrected chi connectivity index (χ1v) is 11.5. The highest BCUT2D eigenvalue weighted by molar-refractivity contribution is 7.92. The van der Waals surface area contributed by atoms with E-state index in [1.807, 2.05) is 0 Å². The topological polar surface area (TPSA) is 119 Å². The molecular weight excluding hydrogens is 553 g/mol. The second-order valence-corrected chi connectivity index (χ2v) is 9.34. The van der Waals surface area contributed by atoms with E-state index in [9.17, 15) is 45.3 Å². The number of benzene rings is 3. The standard InChI is InChI=1S/C21H13ClF5N3O6S/c1-36-11-4-2-10(3-5-11)29(37(34,35)12-6-7-13(22)14(8-12)30(32)33)9-15(31)28-21-19(26)17(24)16(23)18(25)20(21)27/h2-8H,9H2,1H3,(H,28,31). The Hall–Kier alpha value is -3.98. The zero-order valence-electron chi connectivity index (χ0n) is 18.3. The molecule has 0 fully saturated rings. The summed E-state index contributed by atoms with van der Waals surface area (Å²) < 4.78 is 100. The summed E-state index contributed by atoms with van der Waals surface area (Å²) in [4.78, 5) is 22.2. The first kappa shape index (κ1) is 27.6. The Bertz CT molecular complexity index is 1480. The van der Waals surface area contributed by atoms with Crippen molar-refractivity contribution in [3.63, 3.8) is 0 Å². The number of carbonyl (C=O) groups excluding carboxylic acids is 1. The lowest BCUT2D eigenvalue weighted by Gasteiger charge is -2.24. The molecule has 0 radical (unpaired) electrons. The van der Waals surface area contributed by atoms with Crippen LogP contribution in [0.2, 0.25) is 5.02 Å². The molecule has 0 saturated heterocycles. The molecule has 1 N–H and O–H groups in total. The first-order valence-electron chi connectivity index (χ1n) is 9.71. The first-order chi connectivity index (χ1) is 17.3. The Morgan fingerprint density at radius 2 is 1.54 bits per heavy atom. The van der Waals surface area contributed by atoms with Crippen molar-refractivity contribution in [2.75, 3.05) is 23.3 Å². The SMILES string of the molecule is COc1ccc(N(CC(=O)Nc2c(F)c(F)c(F)c(F)c2F)S(=O)(=O)c2ccc(Cl)c([N+](=O)[O-])c2)cc1. The van der Waals surface area contributed by atoms with E-state index in [0.29, 0.717) is 10.4 Å². The number of halogens is 6. The molecule has 0 atom stereocenters. The van der Waals surface area contributed by atoms with Gasteiger partial charge in [-0.2, -0.15) is 0 Å². The van der Waals surface area contributed by atoms with Crippen molar-refractivity contribution < 1.29 is 44.8 Å². The zero-order chi connectivity index (χ0) is 27.7. The van der Waals surface area contributed by atoms with Gasteiger partial charge in [0.2, 0.25) is 11.7 Å². The molecule has 37 heavy (non-hydrogen) atoms. The van der Waals surface area contributed by atoms with Gasteiger partial charge in [-0.25, -0.2) is 30.4 Å². The third-order valence-corrected chi connectivity index (χ3v) is 6.91. The number of amides is 1. The number of ether oxygens (including phenoxy) is 1. The van der Waals surface area contributed by atoms with E-state index in [1.54, 1.807) is 0 Å². The number of methoxy groups -OCH3 is 1. The molecule has 0 heterocycles. The Morgan fingerprint density at radius 3 is 2.05 bits per heavy atom. The predicted octanol–water partition coefficient (Wildman–Crippen LogP) is 4.79. The molecule has 0 aliphatic carbocycles. The smallest absolute Gasteiger partial charge is 0.289 e. The number of hydrogen-bond donors (Lipinski definition) is 1. The van der Waals surface area contributed by atoms with Crippen LogP contribution in [-0.2, 0) is 14.8 Å². The van der Waals surface area contributed by atoms with Crippen molar-refractivity contribution in [3.05, 3.63) is 86.7 Å². The zero-order valence-corrected chi connectivity index (χ0v) is 19.8. The van der Waals surface area contributed by atoms with Gasteiger partial charge in [-0.05, 0) is 36.4 Å². The fraction of sp³-hybridized carbons (Fsp3) is 0.0952. The molecule has 0 aliphatic rings. The van der Waals surface area contributed by atoms with Crippen LogP contribution < -0.4 is 14.4 Å². The Labute approximate surface area is 210 Å². The molecule has 0 spiro atoms. The molecule has 3 aromatic rings. The number of nitro benzene ring substituents is 1. The summed E-state index contributed by atoms with van der Waals surface area (Å²) in [7, 11) is -3.49. The highest BCUT2D eigenvalue weighted by Crippen LogP contribution is 2.32. The average Bonchev–Trinajstić information content (AvgIpc) is 2.87. The highest BCUT2D eigenvalue weighted by atomic mass is 35.5. The normalized spacial score (nSPS) is 11.2. The van der Waals surface area contributed by atoms with Gasteiger partial charge in [-0.1, -0.05) is 11.6 Å². The molecule has 9 nitrogen and oxygen atoms in total. The minimum atomic E-state index is -4.80. The molecule has 196 valence electrons. The number of nitrogens with zero attached hydrogens (tertiary/aromatic N) is 2. The second kappa shape index (κ2) is 10.6. The van der Waals surface area contributed by atoms with Crippen LogP contribution in [0.4, 0.5) is 39.0 Å². The molecule has 0 aromatic heterocycles. The molecule has 3 aromatic carbocycles. The number of anilines is 2.